The van der Waals surface area contributed by atoms with Crippen molar-refractivity contribution in [2.45, 2.75) is 13.8 Å². The zero-order chi connectivity index (χ0) is 17.8. The molecule has 1 aromatic heterocycles. The third-order valence-electron chi connectivity index (χ3n) is 3.54. The smallest absolute Gasteiger partial charge is 0.159 e. The van der Waals surface area contributed by atoms with E-state index >= 15 is 0 Å². The molecule has 0 aliphatic heterocycles. The number of hydrogen-bond donors (Lipinski definition) is 2. The summed E-state index contributed by atoms with van der Waals surface area (Å²) in [4.78, 5) is 20.2. The maximum absolute atomic E-state index is 11.4. The largest absolute Gasteiger partial charge is 0.340 e. The molecule has 0 saturated carbocycles. The number of aromatic nitrogens is 2. The molecule has 3 aromatic rings. The molecule has 2 aromatic carbocycles. The molecule has 5 nitrogen and oxygen atoms in total. The Morgan fingerprint density at radius 1 is 0.960 bits per heavy atom. The number of carbonyl (C=O) groups is 1. The van der Waals surface area contributed by atoms with Crippen LogP contribution in [0.15, 0.2) is 59.1 Å². The molecule has 0 radical (unpaired) electrons. The number of hydrogen-bond acceptors (Lipinski definition) is 5. The lowest BCUT2D eigenvalue weighted by Crippen LogP contribution is -2.02. The number of nitrogens with zero attached hydrogens (tertiary/aromatic N) is 2. The third kappa shape index (κ3) is 4.42. The Kier molecular flexibility index (Phi) is 5.09. The monoisotopic (exact) mass is 396 g/mol. The first-order valence-electron chi connectivity index (χ1n) is 7.76. The van der Waals surface area contributed by atoms with Gasteiger partial charge in [0.1, 0.15) is 17.5 Å². The zero-order valence-electron chi connectivity index (χ0n) is 13.9. The minimum Gasteiger partial charge on any atom is -0.340 e. The first kappa shape index (κ1) is 17.1. The number of ketones is 1. The van der Waals surface area contributed by atoms with E-state index in [1.165, 1.54) is 0 Å². The van der Waals surface area contributed by atoms with E-state index in [-0.39, 0.29) is 5.78 Å². The molecule has 6 heteroatoms. The quantitative estimate of drug-likeness (QED) is 0.577. The van der Waals surface area contributed by atoms with Gasteiger partial charge in [-0.1, -0.05) is 12.1 Å². The minimum absolute atomic E-state index is 0.0457. The van der Waals surface area contributed by atoms with Gasteiger partial charge in [0, 0.05) is 21.8 Å². The molecule has 0 bridgehead atoms. The summed E-state index contributed by atoms with van der Waals surface area (Å²) in [5.74, 6) is 2.07. The second-order valence-electron chi connectivity index (χ2n) is 5.55. The highest BCUT2D eigenvalue weighted by Crippen LogP contribution is 2.26. The van der Waals surface area contributed by atoms with Crippen molar-refractivity contribution in [2.75, 3.05) is 10.6 Å². The van der Waals surface area contributed by atoms with Gasteiger partial charge in [-0.2, -0.15) is 0 Å². The van der Waals surface area contributed by atoms with Crippen molar-refractivity contribution in [3.8, 4) is 0 Å². The van der Waals surface area contributed by atoms with Gasteiger partial charge in [0.05, 0.1) is 5.69 Å². The van der Waals surface area contributed by atoms with E-state index in [0.717, 1.165) is 15.8 Å². The van der Waals surface area contributed by atoms with Crippen molar-refractivity contribution in [1.29, 1.82) is 0 Å². The molecule has 0 spiro atoms. The molecule has 0 atom stereocenters. The van der Waals surface area contributed by atoms with Crippen LogP contribution in [0.2, 0.25) is 0 Å². The highest BCUT2D eigenvalue weighted by atomic mass is 79.9. The van der Waals surface area contributed by atoms with Crippen LogP contribution in [0, 0.1) is 6.92 Å². The molecule has 1 heterocycles. The van der Waals surface area contributed by atoms with Gasteiger partial charge in [-0.15, -0.1) is 0 Å². The molecule has 0 unspecified atom stereocenters. The number of Topliss-reactive ketones (excluding diaryl/α,β-unsaturated/α-hetero) is 1. The highest BCUT2D eigenvalue weighted by Gasteiger charge is 2.06. The Morgan fingerprint density at radius 2 is 1.60 bits per heavy atom. The van der Waals surface area contributed by atoms with Gasteiger partial charge < -0.3 is 10.6 Å². The Morgan fingerprint density at radius 3 is 2.24 bits per heavy atom. The van der Waals surface area contributed by atoms with Crippen molar-refractivity contribution in [3.05, 3.63) is 70.5 Å². The topological polar surface area (TPSA) is 66.9 Å². The second-order valence-corrected chi connectivity index (χ2v) is 6.40. The van der Waals surface area contributed by atoms with Crippen LogP contribution in [0.4, 0.5) is 23.0 Å². The van der Waals surface area contributed by atoms with Crippen LogP contribution in [0.3, 0.4) is 0 Å². The van der Waals surface area contributed by atoms with E-state index in [9.17, 15) is 4.79 Å². The van der Waals surface area contributed by atoms with Crippen LogP contribution < -0.4 is 10.6 Å². The second kappa shape index (κ2) is 7.44. The van der Waals surface area contributed by atoms with Crippen LogP contribution in [0.25, 0.3) is 0 Å². The summed E-state index contributed by atoms with van der Waals surface area (Å²) in [5.41, 5.74) is 2.47. The molecule has 0 aliphatic rings. The van der Waals surface area contributed by atoms with Crippen LogP contribution in [-0.2, 0) is 0 Å². The van der Waals surface area contributed by atoms with Crippen molar-refractivity contribution >= 4 is 44.7 Å². The van der Waals surface area contributed by atoms with Crippen molar-refractivity contribution in [3.63, 3.8) is 0 Å². The predicted octanol–water partition coefficient (Wildman–Crippen LogP) is 5.24. The number of carbonyl (C=O) groups excluding carboxylic acids is 1. The Balaban J connectivity index is 1.81. The molecule has 25 heavy (non-hydrogen) atoms. The number of rotatable bonds is 5. The molecule has 0 amide bonds. The Labute approximate surface area is 154 Å². The first-order chi connectivity index (χ1) is 12.0. The minimum atomic E-state index is 0.0457. The van der Waals surface area contributed by atoms with Gasteiger partial charge in [-0.05, 0) is 66.2 Å². The van der Waals surface area contributed by atoms with Gasteiger partial charge >= 0.3 is 0 Å². The summed E-state index contributed by atoms with van der Waals surface area (Å²) in [5, 5.41) is 6.52. The molecular weight excluding hydrogens is 380 g/mol. The van der Waals surface area contributed by atoms with Gasteiger partial charge in [0.2, 0.25) is 0 Å². The molecule has 0 aliphatic carbocycles. The SMILES string of the molecule is CC(=O)c1ccc(Nc2cc(Nc3ccccc3Br)nc(C)n2)cc1. The fraction of sp³-hybridized carbons (Fsp3) is 0.105. The van der Waals surface area contributed by atoms with Crippen molar-refractivity contribution in [1.82, 2.24) is 9.97 Å². The van der Waals surface area contributed by atoms with Crippen LogP contribution in [0.1, 0.15) is 23.1 Å². The Hall–Kier alpha value is -2.73. The van der Waals surface area contributed by atoms with Gasteiger partial charge in [0.25, 0.3) is 0 Å². The summed E-state index contributed by atoms with van der Waals surface area (Å²) in [7, 11) is 0. The van der Waals surface area contributed by atoms with E-state index in [0.29, 0.717) is 23.0 Å². The summed E-state index contributed by atoms with van der Waals surface area (Å²) >= 11 is 3.51. The molecule has 2 N–H and O–H groups in total. The van der Waals surface area contributed by atoms with Crippen LogP contribution >= 0.6 is 15.9 Å². The van der Waals surface area contributed by atoms with Crippen molar-refractivity contribution < 1.29 is 4.79 Å². The summed E-state index contributed by atoms with van der Waals surface area (Å²) in [6, 6.07) is 17.0. The molecule has 0 saturated heterocycles. The number of nitrogens with one attached hydrogen (secondary N) is 2. The van der Waals surface area contributed by atoms with E-state index < -0.39 is 0 Å². The van der Waals surface area contributed by atoms with Gasteiger partial charge in [-0.25, -0.2) is 9.97 Å². The molecule has 3 rings (SSSR count). The van der Waals surface area contributed by atoms with E-state index in [4.69, 9.17) is 0 Å². The normalized spacial score (nSPS) is 10.4. The van der Waals surface area contributed by atoms with Crippen molar-refractivity contribution in [2.24, 2.45) is 0 Å². The molecule has 126 valence electrons. The first-order valence-corrected chi connectivity index (χ1v) is 8.56. The van der Waals surface area contributed by atoms with Gasteiger partial charge in [0.15, 0.2) is 5.78 Å². The number of benzene rings is 2. The lowest BCUT2D eigenvalue weighted by Gasteiger charge is -2.11. The van der Waals surface area contributed by atoms with Crippen LogP contribution in [-0.4, -0.2) is 15.8 Å². The van der Waals surface area contributed by atoms with E-state index in [2.05, 4.69) is 36.5 Å². The van der Waals surface area contributed by atoms with Crippen LogP contribution in [0.5, 0.6) is 0 Å². The number of halogens is 1. The van der Waals surface area contributed by atoms with E-state index in [1.54, 1.807) is 19.1 Å². The van der Waals surface area contributed by atoms with Gasteiger partial charge in [-0.3, -0.25) is 4.79 Å². The Bertz CT molecular complexity index is 910. The average Bonchev–Trinajstić information content (AvgIpc) is 2.57. The fourth-order valence-corrected chi connectivity index (χ4v) is 2.72. The lowest BCUT2D eigenvalue weighted by molar-refractivity contribution is 0.101. The fourth-order valence-electron chi connectivity index (χ4n) is 2.33. The summed E-state index contributed by atoms with van der Waals surface area (Å²) in [6.45, 7) is 3.39. The standard InChI is InChI=1S/C19H17BrN4O/c1-12(25)14-7-9-15(10-8-14)23-18-11-19(22-13(2)21-18)24-17-6-4-3-5-16(17)20/h3-11H,1-2H3,(H2,21,22,23,24). The lowest BCUT2D eigenvalue weighted by atomic mass is 10.1. The summed E-state index contributed by atoms with van der Waals surface area (Å²) in [6.07, 6.45) is 0. The zero-order valence-corrected chi connectivity index (χ0v) is 15.5. The number of para-hydroxylation sites is 1. The predicted molar refractivity (Wildman–Crippen MR) is 104 cm³/mol. The highest BCUT2D eigenvalue weighted by molar-refractivity contribution is 9.10. The number of aryl methyl sites for hydroxylation is 1. The third-order valence-corrected chi connectivity index (χ3v) is 4.23. The number of anilines is 4. The van der Waals surface area contributed by atoms with E-state index in [1.807, 2.05) is 49.4 Å². The average molecular weight is 397 g/mol. The summed E-state index contributed by atoms with van der Waals surface area (Å²) < 4.78 is 0.959. The maximum atomic E-state index is 11.4. The molecule has 0 fully saturated rings. The maximum Gasteiger partial charge on any atom is 0.159 e. The molecular formula is C19H17BrN4O.